The average Bonchev–Trinajstić information content (AvgIpc) is 2.98. The largest absolute Gasteiger partial charge is 0.444 e. The van der Waals surface area contributed by atoms with Gasteiger partial charge in [-0.15, -0.1) is 0 Å². The Balaban J connectivity index is 1.94. The molecular weight excluding hydrogens is 310 g/mol. The molecule has 3 N–H and O–H groups in total. The molecule has 24 heavy (non-hydrogen) atoms. The molecule has 0 aliphatic heterocycles. The average molecular weight is 331 g/mol. The first-order valence-electron chi connectivity index (χ1n) is 7.48. The van der Waals surface area contributed by atoms with E-state index in [1.54, 1.807) is 39.8 Å². The predicted octanol–water partition coefficient (Wildman–Crippen LogP) is 2.39. The van der Waals surface area contributed by atoms with Crippen molar-refractivity contribution in [3.8, 4) is 0 Å². The summed E-state index contributed by atoms with van der Waals surface area (Å²) in [6.07, 6.45) is 2.41. The summed E-state index contributed by atoms with van der Waals surface area (Å²) in [5.41, 5.74) is 1.44. The SMILES string of the molecule is Cc1nc(NC(=O)OC(C)(C)C)ccc1CNC(=O)c1cn[nH]c1. The molecule has 128 valence electrons. The Bertz CT molecular complexity index is 720. The van der Waals surface area contributed by atoms with E-state index in [9.17, 15) is 9.59 Å². The second-order valence-corrected chi connectivity index (χ2v) is 6.24. The summed E-state index contributed by atoms with van der Waals surface area (Å²) < 4.78 is 5.18. The minimum atomic E-state index is -0.573. The van der Waals surface area contributed by atoms with Gasteiger partial charge in [0.25, 0.3) is 5.91 Å². The van der Waals surface area contributed by atoms with E-state index >= 15 is 0 Å². The molecule has 0 saturated carbocycles. The summed E-state index contributed by atoms with van der Waals surface area (Å²) >= 11 is 0. The minimum Gasteiger partial charge on any atom is -0.444 e. The van der Waals surface area contributed by atoms with E-state index in [1.165, 1.54) is 12.4 Å². The number of aryl methyl sites for hydroxylation is 1. The van der Waals surface area contributed by atoms with Crippen molar-refractivity contribution >= 4 is 17.8 Å². The van der Waals surface area contributed by atoms with Crippen LogP contribution in [-0.2, 0) is 11.3 Å². The third-order valence-electron chi connectivity index (χ3n) is 3.02. The van der Waals surface area contributed by atoms with E-state index in [0.29, 0.717) is 23.6 Å². The normalized spacial score (nSPS) is 11.0. The lowest BCUT2D eigenvalue weighted by Gasteiger charge is -2.19. The van der Waals surface area contributed by atoms with Crippen LogP contribution in [0.15, 0.2) is 24.5 Å². The molecule has 8 nitrogen and oxygen atoms in total. The van der Waals surface area contributed by atoms with Crippen LogP contribution < -0.4 is 10.6 Å². The van der Waals surface area contributed by atoms with Gasteiger partial charge in [-0.1, -0.05) is 6.07 Å². The highest BCUT2D eigenvalue weighted by Gasteiger charge is 2.17. The van der Waals surface area contributed by atoms with Gasteiger partial charge >= 0.3 is 6.09 Å². The van der Waals surface area contributed by atoms with Crippen LogP contribution in [0.4, 0.5) is 10.6 Å². The van der Waals surface area contributed by atoms with Gasteiger partial charge in [0, 0.05) is 18.4 Å². The van der Waals surface area contributed by atoms with Crippen molar-refractivity contribution in [3.63, 3.8) is 0 Å². The molecule has 0 spiro atoms. The van der Waals surface area contributed by atoms with Crippen molar-refractivity contribution in [2.45, 2.75) is 39.8 Å². The van der Waals surface area contributed by atoms with Crippen LogP contribution >= 0.6 is 0 Å². The number of pyridine rings is 1. The quantitative estimate of drug-likeness (QED) is 0.797. The Kier molecular flexibility index (Phi) is 5.18. The Hall–Kier alpha value is -2.90. The molecular formula is C16H21N5O3. The highest BCUT2D eigenvalue weighted by Crippen LogP contribution is 2.13. The molecule has 0 aliphatic carbocycles. The van der Waals surface area contributed by atoms with Crippen LogP contribution in [0.1, 0.15) is 42.4 Å². The summed E-state index contributed by atoms with van der Waals surface area (Å²) in [6, 6.07) is 3.46. The molecule has 0 aromatic carbocycles. The maximum atomic E-state index is 11.9. The number of amides is 2. The van der Waals surface area contributed by atoms with Crippen molar-refractivity contribution < 1.29 is 14.3 Å². The van der Waals surface area contributed by atoms with Gasteiger partial charge in [0.1, 0.15) is 11.4 Å². The Morgan fingerprint density at radius 2 is 2.04 bits per heavy atom. The van der Waals surface area contributed by atoms with E-state index < -0.39 is 11.7 Å². The van der Waals surface area contributed by atoms with E-state index in [-0.39, 0.29) is 5.91 Å². The number of rotatable bonds is 4. The van der Waals surface area contributed by atoms with Gasteiger partial charge in [0.2, 0.25) is 0 Å². The summed E-state index contributed by atoms with van der Waals surface area (Å²) in [5.74, 6) is 0.172. The number of hydrogen-bond donors (Lipinski definition) is 3. The lowest BCUT2D eigenvalue weighted by atomic mass is 10.2. The number of aromatic nitrogens is 3. The van der Waals surface area contributed by atoms with E-state index in [0.717, 1.165) is 5.56 Å². The van der Waals surface area contributed by atoms with Crippen LogP contribution in [0, 0.1) is 6.92 Å². The first-order valence-corrected chi connectivity index (χ1v) is 7.48. The zero-order valence-electron chi connectivity index (χ0n) is 14.1. The number of hydrogen-bond acceptors (Lipinski definition) is 5. The zero-order valence-corrected chi connectivity index (χ0v) is 14.1. The number of aromatic amines is 1. The fourth-order valence-corrected chi connectivity index (χ4v) is 1.91. The highest BCUT2D eigenvalue weighted by molar-refractivity contribution is 5.93. The van der Waals surface area contributed by atoms with Crippen molar-refractivity contribution in [2.24, 2.45) is 0 Å². The molecule has 0 atom stereocenters. The summed E-state index contributed by atoms with van der Waals surface area (Å²) in [7, 11) is 0. The number of nitrogens with zero attached hydrogens (tertiary/aromatic N) is 2. The summed E-state index contributed by atoms with van der Waals surface area (Å²) in [4.78, 5) is 27.9. The predicted molar refractivity (Wildman–Crippen MR) is 88.6 cm³/mol. The third-order valence-corrected chi connectivity index (χ3v) is 3.02. The van der Waals surface area contributed by atoms with Crippen LogP contribution in [0.3, 0.4) is 0 Å². The first-order chi connectivity index (χ1) is 11.2. The van der Waals surface area contributed by atoms with Crippen molar-refractivity contribution in [1.82, 2.24) is 20.5 Å². The molecule has 0 unspecified atom stereocenters. The molecule has 0 bridgehead atoms. The lowest BCUT2D eigenvalue weighted by molar-refractivity contribution is 0.0635. The van der Waals surface area contributed by atoms with Gasteiger partial charge < -0.3 is 10.1 Å². The zero-order chi connectivity index (χ0) is 17.7. The lowest BCUT2D eigenvalue weighted by Crippen LogP contribution is -2.27. The van der Waals surface area contributed by atoms with Crippen LogP contribution in [-0.4, -0.2) is 32.8 Å². The second kappa shape index (κ2) is 7.12. The number of nitrogens with one attached hydrogen (secondary N) is 3. The number of ether oxygens (including phenoxy) is 1. The molecule has 0 fully saturated rings. The number of carbonyl (C=O) groups excluding carboxylic acids is 2. The number of anilines is 1. The van der Waals surface area contributed by atoms with Gasteiger partial charge in [0.15, 0.2) is 0 Å². The maximum Gasteiger partial charge on any atom is 0.413 e. The first kappa shape index (κ1) is 17.5. The summed E-state index contributed by atoms with van der Waals surface area (Å²) in [5, 5.41) is 11.7. The number of H-pyrrole nitrogens is 1. The van der Waals surface area contributed by atoms with E-state index in [4.69, 9.17) is 4.74 Å². The molecule has 2 aromatic heterocycles. The minimum absolute atomic E-state index is 0.223. The molecule has 0 saturated heterocycles. The van der Waals surface area contributed by atoms with Crippen molar-refractivity contribution in [1.29, 1.82) is 0 Å². The fourth-order valence-electron chi connectivity index (χ4n) is 1.91. The standard InChI is InChI=1S/C16H21N5O3/c1-10-11(7-17-14(22)12-8-18-19-9-12)5-6-13(20-10)21-15(23)24-16(2,3)4/h5-6,8-9H,7H2,1-4H3,(H,17,22)(H,18,19)(H,20,21,23). The van der Waals surface area contributed by atoms with Crippen LogP contribution in [0.2, 0.25) is 0 Å². The molecule has 2 aromatic rings. The Labute approximate surface area is 140 Å². The second-order valence-electron chi connectivity index (χ2n) is 6.24. The molecule has 2 rings (SSSR count). The smallest absolute Gasteiger partial charge is 0.413 e. The van der Waals surface area contributed by atoms with Crippen LogP contribution in [0.5, 0.6) is 0 Å². The molecule has 0 aliphatic rings. The monoisotopic (exact) mass is 331 g/mol. The van der Waals surface area contributed by atoms with Gasteiger partial charge in [-0.2, -0.15) is 5.10 Å². The van der Waals surface area contributed by atoms with E-state index in [2.05, 4.69) is 25.8 Å². The van der Waals surface area contributed by atoms with Crippen LogP contribution in [0.25, 0.3) is 0 Å². The molecule has 8 heteroatoms. The fraction of sp³-hybridized carbons (Fsp3) is 0.375. The van der Waals surface area contributed by atoms with Gasteiger partial charge in [-0.3, -0.25) is 15.2 Å². The maximum absolute atomic E-state index is 11.9. The Morgan fingerprint density at radius 1 is 1.29 bits per heavy atom. The summed E-state index contributed by atoms with van der Waals surface area (Å²) in [6.45, 7) is 7.50. The van der Waals surface area contributed by atoms with Crippen molar-refractivity contribution in [3.05, 3.63) is 41.3 Å². The number of carbonyl (C=O) groups is 2. The molecule has 2 heterocycles. The van der Waals surface area contributed by atoms with Gasteiger partial charge in [0.05, 0.1) is 11.8 Å². The molecule has 2 amide bonds. The topological polar surface area (TPSA) is 109 Å². The van der Waals surface area contributed by atoms with E-state index in [1.807, 2.05) is 0 Å². The highest BCUT2D eigenvalue weighted by atomic mass is 16.6. The van der Waals surface area contributed by atoms with Gasteiger partial charge in [-0.25, -0.2) is 9.78 Å². The third kappa shape index (κ3) is 5.08. The Morgan fingerprint density at radius 3 is 2.62 bits per heavy atom. The van der Waals surface area contributed by atoms with Gasteiger partial charge in [-0.05, 0) is 39.3 Å². The molecule has 0 radical (unpaired) electrons. The van der Waals surface area contributed by atoms with Crippen molar-refractivity contribution in [2.75, 3.05) is 5.32 Å².